The zero-order valence-electron chi connectivity index (χ0n) is 9.60. The Morgan fingerprint density at radius 1 is 1.25 bits per heavy atom. The van der Waals surface area contributed by atoms with Crippen LogP contribution in [0.2, 0.25) is 0 Å². The van der Waals surface area contributed by atoms with Crippen molar-refractivity contribution in [1.82, 2.24) is 19.7 Å². The highest BCUT2D eigenvalue weighted by Gasteiger charge is 2.22. The van der Waals surface area contributed by atoms with Crippen LogP contribution in [0.3, 0.4) is 0 Å². The second kappa shape index (κ2) is 4.14. The van der Waals surface area contributed by atoms with Crippen LogP contribution in [0.25, 0.3) is 0 Å². The van der Waals surface area contributed by atoms with Crippen molar-refractivity contribution in [1.29, 1.82) is 0 Å². The molecule has 0 aromatic carbocycles. The third kappa shape index (κ3) is 1.85. The van der Waals surface area contributed by atoms with Gasteiger partial charge in [-0.05, 0) is 19.3 Å². The Kier molecular flexibility index (Phi) is 2.65. The van der Waals surface area contributed by atoms with E-state index in [1.165, 1.54) is 18.7 Å². The van der Waals surface area contributed by atoms with Gasteiger partial charge in [0.25, 0.3) is 0 Å². The van der Waals surface area contributed by atoms with Crippen molar-refractivity contribution in [2.24, 2.45) is 5.73 Å². The topological polar surface area (TPSA) is 60.0 Å². The van der Waals surface area contributed by atoms with Crippen molar-refractivity contribution >= 4 is 0 Å². The molecule has 1 saturated heterocycles. The summed E-state index contributed by atoms with van der Waals surface area (Å²) < 4.78 is 2.30. The molecule has 2 aliphatic heterocycles. The predicted octanol–water partition coefficient (Wildman–Crippen LogP) is 0.147. The van der Waals surface area contributed by atoms with Crippen LogP contribution in [0.1, 0.15) is 30.9 Å². The molecular weight excluding hydrogens is 202 g/mol. The van der Waals surface area contributed by atoms with Gasteiger partial charge in [-0.1, -0.05) is 0 Å². The van der Waals surface area contributed by atoms with Crippen molar-refractivity contribution < 1.29 is 0 Å². The van der Waals surface area contributed by atoms with Gasteiger partial charge < -0.3 is 10.3 Å². The maximum Gasteiger partial charge on any atom is 0.147 e. The largest absolute Gasteiger partial charge is 0.326 e. The highest BCUT2D eigenvalue weighted by molar-refractivity contribution is 4.99. The van der Waals surface area contributed by atoms with Gasteiger partial charge in [-0.3, -0.25) is 4.90 Å². The standard InChI is InChI=1S/C11H19N5/c12-9-4-6-15(7-9)8-11-14-13-10-3-1-2-5-16(10)11/h9H,1-8,12H2/t9-/m0/s1. The van der Waals surface area contributed by atoms with E-state index in [-0.39, 0.29) is 0 Å². The lowest BCUT2D eigenvalue weighted by molar-refractivity contribution is 0.309. The normalized spacial score (nSPS) is 25.9. The van der Waals surface area contributed by atoms with Crippen molar-refractivity contribution in [3.8, 4) is 0 Å². The Labute approximate surface area is 95.6 Å². The molecule has 3 heterocycles. The second-order valence-electron chi connectivity index (χ2n) is 4.93. The van der Waals surface area contributed by atoms with Gasteiger partial charge in [-0.25, -0.2) is 0 Å². The molecule has 0 bridgehead atoms. The van der Waals surface area contributed by atoms with Gasteiger partial charge in [0.1, 0.15) is 11.6 Å². The van der Waals surface area contributed by atoms with Gasteiger partial charge in [0.2, 0.25) is 0 Å². The molecule has 2 N–H and O–H groups in total. The van der Waals surface area contributed by atoms with Crippen LogP contribution in [-0.4, -0.2) is 38.8 Å². The molecule has 0 radical (unpaired) electrons. The van der Waals surface area contributed by atoms with E-state index in [1.54, 1.807) is 0 Å². The summed E-state index contributed by atoms with van der Waals surface area (Å²) in [7, 11) is 0. The first-order valence-corrected chi connectivity index (χ1v) is 6.22. The average molecular weight is 221 g/mol. The van der Waals surface area contributed by atoms with E-state index >= 15 is 0 Å². The Morgan fingerprint density at radius 2 is 2.19 bits per heavy atom. The number of nitrogens with two attached hydrogens (primary N) is 1. The maximum atomic E-state index is 5.91. The van der Waals surface area contributed by atoms with Crippen LogP contribution in [0, 0.1) is 0 Å². The van der Waals surface area contributed by atoms with Gasteiger partial charge in [0, 0.05) is 32.1 Å². The van der Waals surface area contributed by atoms with Crippen LogP contribution in [-0.2, 0) is 19.5 Å². The summed E-state index contributed by atoms with van der Waals surface area (Å²) in [4.78, 5) is 2.39. The molecule has 3 rings (SSSR count). The lowest BCUT2D eigenvalue weighted by Crippen LogP contribution is -2.27. The summed E-state index contributed by atoms with van der Waals surface area (Å²) in [6.45, 7) is 4.11. The van der Waals surface area contributed by atoms with Crippen LogP contribution in [0.5, 0.6) is 0 Å². The molecule has 1 atom stereocenters. The van der Waals surface area contributed by atoms with Gasteiger partial charge in [0.05, 0.1) is 6.54 Å². The first kappa shape index (κ1) is 10.2. The van der Waals surface area contributed by atoms with Crippen LogP contribution in [0.4, 0.5) is 0 Å². The van der Waals surface area contributed by atoms with Crippen molar-refractivity contribution in [2.45, 2.75) is 44.8 Å². The molecule has 16 heavy (non-hydrogen) atoms. The van der Waals surface area contributed by atoms with Crippen molar-refractivity contribution in [3.63, 3.8) is 0 Å². The van der Waals surface area contributed by atoms with E-state index in [4.69, 9.17) is 5.73 Å². The molecule has 0 aliphatic carbocycles. The number of aryl methyl sites for hydroxylation is 1. The number of aromatic nitrogens is 3. The van der Waals surface area contributed by atoms with Gasteiger partial charge in [-0.2, -0.15) is 0 Å². The summed E-state index contributed by atoms with van der Waals surface area (Å²) >= 11 is 0. The minimum atomic E-state index is 0.351. The number of rotatable bonds is 2. The van der Waals surface area contributed by atoms with Gasteiger partial charge >= 0.3 is 0 Å². The fourth-order valence-corrected chi connectivity index (χ4v) is 2.69. The van der Waals surface area contributed by atoms with Crippen molar-refractivity contribution in [2.75, 3.05) is 13.1 Å². The monoisotopic (exact) mass is 221 g/mol. The number of fused-ring (bicyclic) bond motifs is 1. The number of hydrogen-bond acceptors (Lipinski definition) is 4. The summed E-state index contributed by atoms with van der Waals surface area (Å²) in [5, 5.41) is 8.59. The van der Waals surface area contributed by atoms with E-state index in [0.29, 0.717) is 6.04 Å². The van der Waals surface area contributed by atoms with Crippen LogP contribution >= 0.6 is 0 Å². The zero-order valence-corrected chi connectivity index (χ0v) is 9.60. The van der Waals surface area contributed by atoms with E-state index < -0.39 is 0 Å². The molecule has 0 unspecified atom stereocenters. The zero-order chi connectivity index (χ0) is 11.0. The highest BCUT2D eigenvalue weighted by atomic mass is 15.3. The number of likely N-dealkylation sites (tertiary alicyclic amines) is 1. The summed E-state index contributed by atoms with van der Waals surface area (Å²) in [5.41, 5.74) is 5.91. The Hall–Kier alpha value is -0.940. The maximum absolute atomic E-state index is 5.91. The van der Waals surface area contributed by atoms with Gasteiger partial charge in [0.15, 0.2) is 0 Å². The molecule has 1 aromatic rings. The van der Waals surface area contributed by atoms with Crippen LogP contribution in [0.15, 0.2) is 0 Å². The smallest absolute Gasteiger partial charge is 0.147 e. The van der Waals surface area contributed by atoms with E-state index in [1.807, 2.05) is 0 Å². The van der Waals surface area contributed by atoms with Gasteiger partial charge in [-0.15, -0.1) is 10.2 Å². The third-order valence-electron chi connectivity index (χ3n) is 3.61. The summed E-state index contributed by atoms with van der Waals surface area (Å²) in [5.74, 6) is 2.30. The average Bonchev–Trinajstić information content (AvgIpc) is 2.87. The molecule has 1 fully saturated rings. The molecule has 0 spiro atoms. The fourth-order valence-electron chi connectivity index (χ4n) is 2.69. The molecule has 0 amide bonds. The summed E-state index contributed by atoms with van der Waals surface area (Å²) in [6, 6.07) is 0.351. The third-order valence-corrected chi connectivity index (χ3v) is 3.61. The quantitative estimate of drug-likeness (QED) is 0.772. The molecule has 0 saturated carbocycles. The molecule has 5 heteroatoms. The van der Waals surface area contributed by atoms with E-state index in [9.17, 15) is 0 Å². The minimum Gasteiger partial charge on any atom is -0.326 e. The lowest BCUT2D eigenvalue weighted by Gasteiger charge is -2.18. The highest BCUT2D eigenvalue weighted by Crippen LogP contribution is 2.17. The van der Waals surface area contributed by atoms with Crippen molar-refractivity contribution in [3.05, 3.63) is 11.6 Å². The molecule has 1 aromatic heterocycles. The molecule has 2 aliphatic rings. The summed E-state index contributed by atoms with van der Waals surface area (Å²) in [6.07, 6.45) is 4.72. The Morgan fingerprint density at radius 3 is 3.00 bits per heavy atom. The minimum absolute atomic E-state index is 0.351. The Bertz CT molecular complexity index is 372. The SMILES string of the molecule is N[C@H]1CCN(Cc2nnc3n2CCCC3)C1. The molecule has 88 valence electrons. The Balaban J connectivity index is 1.72. The van der Waals surface area contributed by atoms with Crippen LogP contribution < -0.4 is 5.73 Å². The fraction of sp³-hybridized carbons (Fsp3) is 0.818. The van der Waals surface area contributed by atoms with E-state index in [0.717, 1.165) is 44.8 Å². The molecular formula is C11H19N5. The number of nitrogens with zero attached hydrogens (tertiary/aromatic N) is 4. The first-order valence-electron chi connectivity index (χ1n) is 6.22. The first-order chi connectivity index (χ1) is 7.83. The molecule has 5 nitrogen and oxygen atoms in total. The lowest BCUT2D eigenvalue weighted by atomic mass is 10.2. The second-order valence-corrected chi connectivity index (χ2v) is 4.93. The predicted molar refractivity (Wildman–Crippen MR) is 60.8 cm³/mol. The number of hydrogen-bond donors (Lipinski definition) is 1. The van der Waals surface area contributed by atoms with E-state index in [2.05, 4.69) is 19.7 Å².